The SMILES string of the molecule is CCc1cn[nH]c1NC(=O)CCCc1ccccc1. The average molecular weight is 257 g/mol. The van der Waals surface area contributed by atoms with Crippen LogP contribution in [0.25, 0.3) is 0 Å². The maximum Gasteiger partial charge on any atom is 0.225 e. The van der Waals surface area contributed by atoms with E-state index >= 15 is 0 Å². The maximum absolute atomic E-state index is 11.8. The van der Waals surface area contributed by atoms with Gasteiger partial charge in [-0.2, -0.15) is 5.10 Å². The van der Waals surface area contributed by atoms with Crippen LogP contribution in [0.5, 0.6) is 0 Å². The van der Waals surface area contributed by atoms with E-state index in [2.05, 4.69) is 27.6 Å². The molecule has 0 atom stereocenters. The van der Waals surface area contributed by atoms with Crippen LogP contribution in [0, 0.1) is 0 Å². The second kappa shape index (κ2) is 6.73. The molecule has 4 nitrogen and oxygen atoms in total. The third-order valence-corrected chi connectivity index (χ3v) is 3.08. The number of carbonyl (C=O) groups excluding carboxylic acids is 1. The Bertz CT molecular complexity index is 519. The summed E-state index contributed by atoms with van der Waals surface area (Å²) in [4.78, 5) is 11.8. The Kier molecular flexibility index (Phi) is 4.72. The van der Waals surface area contributed by atoms with Crippen LogP contribution in [-0.4, -0.2) is 16.1 Å². The van der Waals surface area contributed by atoms with Crippen LogP contribution in [0.15, 0.2) is 36.5 Å². The molecular weight excluding hydrogens is 238 g/mol. The first kappa shape index (κ1) is 13.3. The molecule has 2 aromatic rings. The van der Waals surface area contributed by atoms with Crippen LogP contribution in [0.3, 0.4) is 0 Å². The number of aromatic amines is 1. The molecule has 1 aromatic carbocycles. The monoisotopic (exact) mass is 257 g/mol. The molecule has 0 radical (unpaired) electrons. The van der Waals surface area contributed by atoms with E-state index in [4.69, 9.17) is 0 Å². The summed E-state index contributed by atoms with van der Waals surface area (Å²) >= 11 is 0. The van der Waals surface area contributed by atoms with Crippen LogP contribution < -0.4 is 5.32 Å². The summed E-state index contributed by atoms with van der Waals surface area (Å²) in [5.74, 6) is 0.766. The minimum atomic E-state index is 0.0369. The van der Waals surface area contributed by atoms with Gasteiger partial charge in [0.05, 0.1) is 6.20 Å². The van der Waals surface area contributed by atoms with Crippen molar-refractivity contribution in [1.82, 2.24) is 10.2 Å². The van der Waals surface area contributed by atoms with Crippen molar-refractivity contribution in [2.75, 3.05) is 5.32 Å². The largest absolute Gasteiger partial charge is 0.311 e. The summed E-state index contributed by atoms with van der Waals surface area (Å²) in [6.07, 6.45) is 4.91. The molecule has 0 saturated carbocycles. The van der Waals surface area contributed by atoms with E-state index in [0.717, 1.165) is 30.6 Å². The van der Waals surface area contributed by atoms with Crippen molar-refractivity contribution in [3.05, 3.63) is 47.7 Å². The molecule has 0 fully saturated rings. The number of hydrogen-bond donors (Lipinski definition) is 2. The van der Waals surface area contributed by atoms with E-state index in [0.29, 0.717) is 6.42 Å². The van der Waals surface area contributed by atoms with Gasteiger partial charge in [0.25, 0.3) is 0 Å². The molecule has 0 aliphatic rings. The average Bonchev–Trinajstić information content (AvgIpc) is 2.87. The fraction of sp³-hybridized carbons (Fsp3) is 0.333. The Morgan fingerprint density at radius 2 is 2.11 bits per heavy atom. The van der Waals surface area contributed by atoms with Crippen molar-refractivity contribution in [1.29, 1.82) is 0 Å². The number of amides is 1. The quantitative estimate of drug-likeness (QED) is 0.836. The minimum Gasteiger partial charge on any atom is -0.311 e. The highest BCUT2D eigenvalue weighted by molar-refractivity contribution is 5.90. The number of aromatic nitrogens is 2. The zero-order valence-electron chi connectivity index (χ0n) is 11.1. The second-order valence-electron chi connectivity index (χ2n) is 4.51. The smallest absolute Gasteiger partial charge is 0.225 e. The summed E-state index contributed by atoms with van der Waals surface area (Å²) in [5.41, 5.74) is 2.31. The summed E-state index contributed by atoms with van der Waals surface area (Å²) in [6, 6.07) is 10.2. The molecule has 19 heavy (non-hydrogen) atoms. The fourth-order valence-corrected chi connectivity index (χ4v) is 1.99. The normalized spacial score (nSPS) is 10.4. The fourth-order valence-electron chi connectivity index (χ4n) is 1.99. The number of anilines is 1. The molecule has 2 rings (SSSR count). The van der Waals surface area contributed by atoms with E-state index in [1.165, 1.54) is 5.56 Å². The van der Waals surface area contributed by atoms with E-state index in [-0.39, 0.29) is 5.91 Å². The van der Waals surface area contributed by atoms with Gasteiger partial charge in [-0.3, -0.25) is 9.89 Å². The first-order valence-electron chi connectivity index (χ1n) is 6.65. The Hall–Kier alpha value is -2.10. The van der Waals surface area contributed by atoms with Crippen LogP contribution in [0.1, 0.15) is 30.9 Å². The van der Waals surface area contributed by atoms with Gasteiger partial charge in [-0.15, -0.1) is 0 Å². The highest BCUT2D eigenvalue weighted by Gasteiger charge is 2.07. The van der Waals surface area contributed by atoms with Gasteiger partial charge in [-0.25, -0.2) is 0 Å². The lowest BCUT2D eigenvalue weighted by molar-refractivity contribution is -0.116. The van der Waals surface area contributed by atoms with Gasteiger partial charge in [0, 0.05) is 12.0 Å². The van der Waals surface area contributed by atoms with Crippen molar-refractivity contribution in [3.63, 3.8) is 0 Å². The predicted octanol–water partition coefficient (Wildman–Crippen LogP) is 2.93. The lowest BCUT2D eigenvalue weighted by Crippen LogP contribution is -2.13. The summed E-state index contributed by atoms with van der Waals surface area (Å²) in [5, 5.41) is 9.62. The number of nitrogens with one attached hydrogen (secondary N) is 2. The van der Waals surface area contributed by atoms with Crippen LogP contribution >= 0.6 is 0 Å². The molecular formula is C15H19N3O. The molecule has 1 heterocycles. The highest BCUT2D eigenvalue weighted by Crippen LogP contribution is 2.12. The van der Waals surface area contributed by atoms with Gasteiger partial charge in [0.1, 0.15) is 5.82 Å². The lowest BCUT2D eigenvalue weighted by Gasteiger charge is -2.05. The summed E-state index contributed by atoms with van der Waals surface area (Å²) in [7, 11) is 0. The van der Waals surface area contributed by atoms with Gasteiger partial charge < -0.3 is 5.32 Å². The number of nitrogens with zero attached hydrogens (tertiary/aromatic N) is 1. The first-order valence-corrected chi connectivity index (χ1v) is 6.65. The molecule has 4 heteroatoms. The zero-order chi connectivity index (χ0) is 13.5. The molecule has 100 valence electrons. The minimum absolute atomic E-state index is 0.0369. The summed E-state index contributed by atoms with van der Waals surface area (Å²) in [6.45, 7) is 2.04. The second-order valence-corrected chi connectivity index (χ2v) is 4.51. The number of aryl methyl sites for hydroxylation is 2. The molecule has 1 amide bonds. The third kappa shape index (κ3) is 3.95. The van der Waals surface area contributed by atoms with Gasteiger partial charge in [0.2, 0.25) is 5.91 Å². The molecule has 0 bridgehead atoms. The van der Waals surface area contributed by atoms with Gasteiger partial charge in [-0.05, 0) is 24.8 Å². The van der Waals surface area contributed by atoms with Crippen molar-refractivity contribution < 1.29 is 4.79 Å². The zero-order valence-corrected chi connectivity index (χ0v) is 11.1. The van der Waals surface area contributed by atoms with E-state index < -0.39 is 0 Å². The Morgan fingerprint density at radius 1 is 1.32 bits per heavy atom. The summed E-state index contributed by atoms with van der Waals surface area (Å²) < 4.78 is 0. The Morgan fingerprint density at radius 3 is 2.84 bits per heavy atom. The molecule has 0 aliphatic heterocycles. The van der Waals surface area contributed by atoms with E-state index in [9.17, 15) is 4.79 Å². The molecule has 0 saturated heterocycles. The lowest BCUT2D eigenvalue weighted by atomic mass is 10.1. The number of benzene rings is 1. The van der Waals surface area contributed by atoms with Crippen molar-refractivity contribution in [2.24, 2.45) is 0 Å². The van der Waals surface area contributed by atoms with Gasteiger partial charge in [0.15, 0.2) is 0 Å². The Balaban J connectivity index is 1.76. The van der Waals surface area contributed by atoms with Crippen LogP contribution in [0.2, 0.25) is 0 Å². The third-order valence-electron chi connectivity index (χ3n) is 3.08. The van der Waals surface area contributed by atoms with Crippen LogP contribution in [-0.2, 0) is 17.6 Å². The predicted molar refractivity (Wildman–Crippen MR) is 76.0 cm³/mol. The maximum atomic E-state index is 11.8. The molecule has 0 unspecified atom stereocenters. The first-order chi connectivity index (χ1) is 9.29. The van der Waals surface area contributed by atoms with Gasteiger partial charge >= 0.3 is 0 Å². The number of H-pyrrole nitrogens is 1. The van der Waals surface area contributed by atoms with Crippen molar-refractivity contribution >= 4 is 11.7 Å². The van der Waals surface area contributed by atoms with Gasteiger partial charge in [-0.1, -0.05) is 37.3 Å². The van der Waals surface area contributed by atoms with Crippen LogP contribution in [0.4, 0.5) is 5.82 Å². The molecule has 2 N–H and O–H groups in total. The molecule has 1 aromatic heterocycles. The molecule has 0 aliphatic carbocycles. The van der Waals surface area contributed by atoms with Crippen molar-refractivity contribution in [2.45, 2.75) is 32.6 Å². The van der Waals surface area contributed by atoms with E-state index in [1.807, 2.05) is 25.1 Å². The van der Waals surface area contributed by atoms with E-state index in [1.54, 1.807) is 6.20 Å². The number of carbonyl (C=O) groups is 1. The standard InChI is InChI=1S/C15H19N3O/c1-2-13-11-16-18-15(13)17-14(19)10-6-9-12-7-4-3-5-8-12/h3-5,7-8,11H,2,6,9-10H2,1H3,(H2,16,17,18,19). The highest BCUT2D eigenvalue weighted by atomic mass is 16.1. The Labute approximate surface area is 113 Å². The van der Waals surface area contributed by atoms with Crippen molar-refractivity contribution in [3.8, 4) is 0 Å². The molecule has 0 spiro atoms. The number of hydrogen-bond acceptors (Lipinski definition) is 2. The number of rotatable bonds is 6. The topological polar surface area (TPSA) is 57.8 Å².